The van der Waals surface area contributed by atoms with Crippen molar-refractivity contribution in [1.29, 1.82) is 0 Å². The van der Waals surface area contributed by atoms with Crippen molar-refractivity contribution in [2.24, 2.45) is 0 Å². The predicted octanol–water partition coefficient (Wildman–Crippen LogP) is 0.0365. The van der Waals surface area contributed by atoms with Crippen molar-refractivity contribution in [3.63, 3.8) is 0 Å². The monoisotopic (exact) mass is 250 g/mol. The minimum Gasteiger partial charge on any atom is -0.377 e. The summed E-state index contributed by atoms with van der Waals surface area (Å²) in [5.74, 6) is 0.128. The smallest absolute Gasteiger partial charge is 0.216 e. The molecule has 5 nitrogen and oxygen atoms in total. The van der Waals surface area contributed by atoms with Gasteiger partial charge in [-0.2, -0.15) is 0 Å². The molecule has 6 heteroatoms. The Labute approximate surface area is 98.2 Å². The fourth-order valence-electron chi connectivity index (χ4n) is 1.76. The SMILES string of the molecule is CNCCCN(C)S(=O)(=O)CC1CCCO1. The van der Waals surface area contributed by atoms with Crippen molar-refractivity contribution in [2.75, 3.05) is 39.5 Å². The molecular formula is C10H22N2O3S. The van der Waals surface area contributed by atoms with Gasteiger partial charge in [0.1, 0.15) is 0 Å². The summed E-state index contributed by atoms with van der Waals surface area (Å²) in [6.07, 6.45) is 2.57. The van der Waals surface area contributed by atoms with Gasteiger partial charge in [0.15, 0.2) is 0 Å². The molecule has 0 aromatic rings. The molecular weight excluding hydrogens is 228 g/mol. The van der Waals surface area contributed by atoms with E-state index in [2.05, 4.69) is 5.32 Å². The Morgan fingerprint density at radius 1 is 1.50 bits per heavy atom. The van der Waals surface area contributed by atoms with Gasteiger partial charge in [0.2, 0.25) is 10.0 Å². The first-order chi connectivity index (χ1) is 7.56. The molecule has 0 saturated carbocycles. The topological polar surface area (TPSA) is 58.6 Å². The largest absolute Gasteiger partial charge is 0.377 e. The van der Waals surface area contributed by atoms with Crippen LogP contribution < -0.4 is 5.32 Å². The van der Waals surface area contributed by atoms with Gasteiger partial charge in [-0.15, -0.1) is 0 Å². The quantitative estimate of drug-likeness (QED) is 0.648. The van der Waals surface area contributed by atoms with Gasteiger partial charge < -0.3 is 10.1 Å². The highest BCUT2D eigenvalue weighted by atomic mass is 32.2. The summed E-state index contributed by atoms with van der Waals surface area (Å²) >= 11 is 0. The molecule has 0 aromatic heterocycles. The lowest BCUT2D eigenvalue weighted by Crippen LogP contribution is -2.35. The van der Waals surface area contributed by atoms with Gasteiger partial charge in [0, 0.05) is 20.2 Å². The third kappa shape index (κ3) is 4.37. The van der Waals surface area contributed by atoms with Crippen LogP contribution in [0.25, 0.3) is 0 Å². The van der Waals surface area contributed by atoms with E-state index >= 15 is 0 Å². The van der Waals surface area contributed by atoms with Crippen LogP contribution in [0, 0.1) is 0 Å². The number of sulfonamides is 1. The van der Waals surface area contributed by atoms with Crippen LogP contribution in [0.4, 0.5) is 0 Å². The van der Waals surface area contributed by atoms with Crippen molar-refractivity contribution in [2.45, 2.75) is 25.4 Å². The molecule has 1 saturated heterocycles. The Hall–Kier alpha value is -0.170. The molecule has 1 fully saturated rings. The maximum atomic E-state index is 11.9. The molecule has 1 aliphatic heterocycles. The van der Waals surface area contributed by atoms with Crippen molar-refractivity contribution in [1.82, 2.24) is 9.62 Å². The summed E-state index contributed by atoms with van der Waals surface area (Å²) < 4.78 is 30.6. The lowest BCUT2D eigenvalue weighted by molar-refractivity contribution is 0.126. The van der Waals surface area contributed by atoms with E-state index in [1.54, 1.807) is 7.05 Å². The van der Waals surface area contributed by atoms with Crippen LogP contribution in [0.1, 0.15) is 19.3 Å². The predicted molar refractivity (Wildman–Crippen MR) is 63.9 cm³/mol. The molecule has 1 rings (SSSR count). The number of hydrogen-bond donors (Lipinski definition) is 1. The van der Waals surface area contributed by atoms with Gasteiger partial charge in [-0.25, -0.2) is 12.7 Å². The van der Waals surface area contributed by atoms with Crippen LogP contribution in [0.15, 0.2) is 0 Å². The summed E-state index contributed by atoms with van der Waals surface area (Å²) in [6.45, 7) is 2.10. The molecule has 96 valence electrons. The molecule has 1 heterocycles. The number of ether oxygens (including phenoxy) is 1. The number of nitrogens with zero attached hydrogens (tertiary/aromatic N) is 1. The van der Waals surface area contributed by atoms with Crippen LogP contribution in [0.2, 0.25) is 0 Å². The van der Waals surface area contributed by atoms with Gasteiger partial charge in [-0.1, -0.05) is 0 Å². The molecule has 1 N–H and O–H groups in total. The first kappa shape index (κ1) is 13.9. The average Bonchev–Trinajstić information content (AvgIpc) is 2.70. The van der Waals surface area contributed by atoms with Crippen LogP contribution in [0.5, 0.6) is 0 Å². The standard InChI is InChI=1S/C10H22N2O3S/c1-11-6-4-7-12(2)16(13,14)9-10-5-3-8-15-10/h10-11H,3-9H2,1-2H3. The second-order valence-electron chi connectivity index (χ2n) is 4.19. The fourth-order valence-corrected chi connectivity index (χ4v) is 3.15. The molecule has 0 amide bonds. The van der Waals surface area contributed by atoms with E-state index < -0.39 is 10.0 Å². The van der Waals surface area contributed by atoms with E-state index in [4.69, 9.17) is 4.74 Å². The molecule has 0 spiro atoms. The lowest BCUT2D eigenvalue weighted by Gasteiger charge is -2.19. The summed E-state index contributed by atoms with van der Waals surface area (Å²) in [6, 6.07) is 0. The van der Waals surface area contributed by atoms with E-state index in [9.17, 15) is 8.42 Å². The normalized spacial score (nSPS) is 21.8. The number of rotatable bonds is 7. The van der Waals surface area contributed by atoms with E-state index in [0.717, 1.165) is 25.8 Å². The van der Waals surface area contributed by atoms with E-state index in [0.29, 0.717) is 13.2 Å². The first-order valence-electron chi connectivity index (χ1n) is 5.76. The van der Waals surface area contributed by atoms with Crippen molar-refractivity contribution < 1.29 is 13.2 Å². The Morgan fingerprint density at radius 2 is 2.25 bits per heavy atom. The second kappa shape index (κ2) is 6.54. The third-order valence-corrected chi connectivity index (χ3v) is 4.72. The lowest BCUT2D eigenvalue weighted by atomic mass is 10.3. The zero-order chi connectivity index (χ0) is 12.0. The molecule has 1 atom stereocenters. The summed E-state index contributed by atoms with van der Waals surface area (Å²) in [5, 5.41) is 3.00. The summed E-state index contributed by atoms with van der Waals surface area (Å²) in [5.41, 5.74) is 0. The van der Waals surface area contributed by atoms with Crippen LogP contribution in [0.3, 0.4) is 0 Å². The molecule has 0 bridgehead atoms. The van der Waals surface area contributed by atoms with Gasteiger partial charge >= 0.3 is 0 Å². The maximum absolute atomic E-state index is 11.9. The Kier molecular flexibility index (Phi) is 5.68. The highest BCUT2D eigenvalue weighted by Crippen LogP contribution is 2.15. The van der Waals surface area contributed by atoms with Crippen LogP contribution in [-0.2, 0) is 14.8 Å². The van der Waals surface area contributed by atoms with E-state index in [1.165, 1.54) is 4.31 Å². The summed E-state index contributed by atoms with van der Waals surface area (Å²) in [4.78, 5) is 0. The second-order valence-corrected chi connectivity index (χ2v) is 6.31. The van der Waals surface area contributed by atoms with Crippen LogP contribution in [-0.4, -0.2) is 58.4 Å². The molecule has 0 aliphatic carbocycles. The van der Waals surface area contributed by atoms with Gasteiger partial charge in [0.25, 0.3) is 0 Å². The number of nitrogens with one attached hydrogen (secondary N) is 1. The van der Waals surface area contributed by atoms with Crippen LogP contribution >= 0.6 is 0 Å². The zero-order valence-electron chi connectivity index (χ0n) is 10.1. The third-order valence-electron chi connectivity index (χ3n) is 2.80. The van der Waals surface area contributed by atoms with Crippen molar-refractivity contribution in [3.05, 3.63) is 0 Å². The van der Waals surface area contributed by atoms with Crippen molar-refractivity contribution >= 4 is 10.0 Å². The minimum absolute atomic E-state index is 0.100. The Balaban J connectivity index is 2.36. The molecule has 0 radical (unpaired) electrons. The van der Waals surface area contributed by atoms with Gasteiger partial charge in [-0.05, 0) is 32.9 Å². The number of hydrogen-bond acceptors (Lipinski definition) is 4. The maximum Gasteiger partial charge on any atom is 0.216 e. The highest BCUT2D eigenvalue weighted by molar-refractivity contribution is 7.89. The first-order valence-corrected chi connectivity index (χ1v) is 7.37. The highest BCUT2D eigenvalue weighted by Gasteiger charge is 2.26. The van der Waals surface area contributed by atoms with E-state index in [1.807, 2.05) is 7.05 Å². The Morgan fingerprint density at radius 3 is 2.81 bits per heavy atom. The Bertz CT molecular complexity index is 286. The zero-order valence-corrected chi connectivity index (χ0v) is 10.9. The average molecular weight is 250 g/mol. The molecule has 0 aromatic carbocycles. The summed E-state index contributed by atoms with van der Waals surface area (Å²) in [7, 11) is 0.357. The van der Waals surface area contributed by atoms with Gasteiger partial charge in [0.05, 0.1) is 11.9 Å². The van der Waals surface area contributed by atoms with E-state index in [-0.39, 0.29) is 11.9 Å². The fraction of sp³-hybridized carbons (Fsp3) is 1.00. The molecule has 1 unspecified atom stereocenters. The molecule has 1 aliphatic rings. The minimum atomic E-state index is -3.14. The van der Waals surface area contributed by atoms with Gasteiger partial charge in [-0.3, -0.25) is 0 Å². The van der Waals surface area contributed by atoms with Crippen molar-refractivity contribution in [3.8, 4) is 0 Å². The molecule has 16 heavy (non-hydrogen) atoms.